The maximum Gasteiger partial charge on any atom is 0.243 e. The first kappa shape index (κ1) is 18.1. The number of nitrogens with zero attached hydrogens (tertiary/aromatic N) is 1. The highest BCUT2D eigenvalue weighted by Gasteiger charge is 2.24. The van der Waals surface area contributed by atoms with Gasteiger partial charge in [0.15, 0.2) is 0 Å². The molecule has 1 N–H and O–H groups in total. The normalized spacial score (nSPS) is 12.0. The number of nitrogens with one attached hydrogen (secondary N) is 1. The van der Waals surface area contributed by atoms with Crippen LogP contribution in [0.3, 0.4) is 0 Å². The SMILES string of the molecule is Cc1ccc(Br)cc1S(=O)(=O)N(C)CC(=O)NCC(C)C. The summed E-state index contributed by atoms with van der Waals surface area (Å²) in [6.07, 6.45) is 0. The molecule has 0 atom stereocenters. The minimum Gasteiger partial charge on any atom is -0.355 e. The zero-order valence-electron chi connectivity index (χ0n) is 12.7. The molecule has 5 nitrogen and oxygen atoms in total. The first-order valence-corrected chi connectivity index (χ1v) is 8.87. The zero-order valence-corrected chi connectivity index (χ0v) is 15.1. The largest absolute Gasteiger partial charge is 0.355 e. The molecule has 0 saturated carbocycles. The Hall–Kier alpha value is -0.920. The third kappa shape index (κ3) is 5.09. The first-order chi connectivity index (χ1) is 9.64. The first-order valence-electron chi connectivity index (χ1n) is 6.63. The molecule has 0 bridgehead atoms. The summed E-state index contributed by atoms with van der Waals surface area (Å²) in [6.45, 7) is 6.02. The van der Waals surface area contributed by atoms with Crippen LogP contribution >= 0.6 is 15.9 Å². The number of aryl methyl sites for hydroxylation is 1. The molecule has 0 aromatic heterocycles. The van der Waals surface area contributed by atoms with Crippen LogP contribution in [-0.2, 0) is 14.8 Å². The van der Waals surface area contributed by atoms with Crippen molar-refractivity contribution in [3.8, 4) is 0 Å². The average Bonchev–Trinajstić information content (AvgIpc) is 2.39. The van der Waals surface area contributed by atoms with Gasteiger partial charge in [-0.3, -0.25) is 4.79 Å². The Morgan fingerprint density at radius 2 is 2.00 bits per heavy atom. The summed E-state index contributed by atoms with van der Waals surface area (Å²) >= 11 is 3.27. The second-order valence-electron chi connectivity index (χ2n) is 5.37. The molecular formula is C14H21BrN2O3S. The molecule has 0 unspecified atom stereocenters. The minimum atomic E-state index is -3.68. The molecule has 118 valence electrons. The molecule has 1 aromatic carbocycles. The van der Waals surface area contributed by atoms with E-state index in [1.165, 1.54) is 7.05 Å². The Morgan fingerprint density at radius 1 is 1.38 bits per heavy atom. The molecule has 1 aromatic rings. The van der Waals surface area contributed by atoms with Gasteiger partial charge in [-0.25, -0.2) is 8.42 Å². The van der Waals surface area contributed by atoms with Crippen molar-refractivity contribution in [2.75, 3.05) is 20.1 Å². The van der Waals surface area contributed by atoms with Gasteiger partial charge in [0.05, 0.1) is 11.4 Å². The Bertz CT molecular complexity index is 615. The van der Waals surface area contributed by atoms with E-state index in [2.05, 4.69) is 21.2 Å². The summed E-state index contributed by atoms with van der Waals surface area (Å²) < 4.78 is 26.8. The highest BCUT2D eigenvalue weighted by molar-refractivity contribution is 9.10. The Labute approximate surface area is 134 Å². The van der Waals surface area contributed by atoms with E-state index >= 15 is 0 Å². The van der Waals surface area contributed by atoms with Crippen LogP contribution in [0.25, 0.3) is 0 Å². The number of rotatable bonds is 6. The standard InChI is InChI=1S/C14H21BrN2O3S/c1-10(2)8-16-14(18)9-17(4)21(19,20)13-7-12(15)6-5-11(13)3/h5-7,10H,8-9H2,1-4H3,(H,16,18). The molecule has 0 saturated heterocycles. The molecule has 0 fully saturated rings. The fourth-order valence-corrected chi connectivity index (χ4v) is 3.57. The number of hydrogen-bond acceptors (Lipinski definition) is 3. The molecule has 21 heavy (non-hydrogen) atoms. The third-order valence-corrected chi connectivity index (χ3v) is 5.35. The minimum absolute atomic E-state index is 0.193. The van der Waals surface area contributed by atoms with Gasteiger partial charge >= 0.3 is 0 Å². The lowest BCUT2D eigenvalue weighted by atomic mass is 10.2. The number of hydrogen-bond donors (Lipinski definition) is 1. The highest BCUT2D eigenvalue weighted by atomic mass is 79.9. The molecule has 0 aliphatic rings. The van der Waals surface area contributed by atoms with Crippen molar-refractivity contribution in [3.63, 3.8) is 0 Å². The number of benzene rings is 1. The molecule has 7 heteroatoms. The van der Waals surface area contributed by atoms with Gasteiger partial charge in [0.2, 0.25) is 15.9 Å². The topological polar surface area (TPSA) is 66.5 Å². The number of halogens is 1. The Kier molecular flexibility index (Phi) is 6.37. The summed E-state index contributed by atoms with van der Waals surface area (Å²) in [6, 6.07) is 5.06. The maximum absolute atomic E-state index is 12.5. The molecular weight excluding hydrogens is 356 g/mol. The fourth-order valence-electron chi connectivity index (χ4n) is 1.68. The molecule has 0 spiro atoms. The summed E-state index contributed by atoms with van der Waals surface area (Å²) in [4.78, 5) is 12.0. The van der Waals surface area contributed by atoms with E-state index in [0.717, 1.165) is 4.31 Å². The van der Waals surface area contributed by atoms with Gasteiger partial charge < -0.3 is 5.32 Å². The number of carbonyl (C=O) groups excluding carboxylic acids is 1. The van der Waals surface area contributed by atoms with Gasteiger partial charge in [-0.2, -0.15) is 4.31 Å². The second-order valence-corrected chi connectivity index (χ2v) is 8.30. The Balaban J connectivity index is 2.87. The molecule has 1 rings (SSSR count). The maximum atomic E-state index is 12.5. The zero-order chi connectivity index (χ0) is 16.2. The van der Waals surface area contributed by atoms with Crippen LogP contribution in [0.1, 0.15) is 19.4 Å². The van der Waals surface area contributed by atoms with Crippen LogP contribution in [0.15, 0.2) is 27.6 Å². The van der Waals surface area contributed by atoms with Gasteiger partial charge in [-0.15, -0.1) is 0 Å². The summed E-state index contributed by atoms with van der Waals surface area (Å²) in [5.74, 6) is 0.0191. The van der Waals surface area contributed by atoms with Crippen molar-refractivity contribution in [2.24, 2.45) is 5.92 Å². The number of amides is 1. The van der Waals surface area contributed by atoms with Crippen molar-refractivity contribution in [3.05, 3.63) is 28.2 Å². The molecule has 0 heterocycles. The van der Waals surface area contributed by atoms with Crippen LogP contribution in [-0.4, -0.2) is 38.8 Å². The lowest BCUT2D eigenvalue weighted by molar-refractivity contribution is -0.121. The smallest absolute Gasteiger partial charge is 0.243 e. The van der Waals surface area contributed by atoms with Gasteiger partial charge in [0, 0.05) is 18.1 Å². The van der Waals surface area contributed by atoms with Crippen molar-refractivity contribution >= 4 is 31.9 Å². The average molecular weight is 377 g/mol. The van der Waals surface area contributed by atoms with E-state index in [1.807, 2.05) is 13.8 Å². The number of carbonyl (C=O) groups is 1. The van der Waals surface area contributed by atoms with Crippen molar-refractivity contribution < 1.29 is 13.2 Å². The number of likely N-dealkylation sites (N-methyl/N-ethyl adjacent to an activating group) is 1. The van der Waals surface area contributed by atoms with Crippen LogP contribution in [0.5, 0.6) is 0 Å². The summed E-state index contributed by atoms with van der Waals surface area (Å²) in [5.41, 5.74) is 0.646. The van der Waals surface area contributed by atoms with Crippen LogP contribution in [0.2, 0.25) is 0 Å². The van der Waals surface area contributed by atoms with Gasteiger partial charge in [-0.1, -0.05) is 35.8 Å². The lowest BCUT2D eigenvalue weighted by Crippen LogP contribution is -2.39. The second kappa shape index (κ2) is 7.38. The quantitative estimate of drug-likeness (QED) is 0.826. The van der Waals surface area contributed by atoms with Gasteiger partial charge in [0.25, 0.3) is 0 Å². The van der Waals surface area contributed by atoms with E-state index in [4.69, 9.17) is 0 Å². The monoisotopic (exact) mass is 376 g/mol. The number of sulfonamides is 1. The predicted octanol–water partition coefficient (Wildman–Crippen LogP) is 2.15. The van der Waals surface area contributed by atoms with Crippen molar-refractivity contribution in [1.82, 2.24) is 9.62 Å². The van der Waals surface area contributed by atoms with Crippen LogP contribution in [0.4, 0.5) is 0 Å². The molecule has 0 aliphatic carbocycles. The predicted molar refractivity (Wildman–Crippen MR) is 86.5 cm³/mol. The summed E-state index contributed by atoms with van der Waals surface area (Å²) in [5, 5.41) is 2.71. The summed E-state index contributed by atoms with van der Waals surface area (Å²) in [7, 11) is -2.28. The fraction of sp³-hybridized carbons (Fsp3) is 0.500. The molecule has 1 amide bonds. The van der Waals surface area contributed by atoms with Gasteiger partial charge in [-0.05, 0) is 30.5 Å². The van der Waals surface area contributed by atoms with E-state index in [1.54, 1.807) is 25.1 Å². The lowest BCUT2D eigenvalue weighted by Gasteiger charge is -2.18. The third-order valence-electron chi connectivity index (χ3n) is 2.91. The Morgan fingerprint density at radius 3 is 2.57 bits per heavy atom. The van der Waals surface area contributed by atoms with E-state index in [0.29, 0.717) is 22.5 Å². The molecule has 0 radical (unpaired) electrons. The van der Waals surface area contributed by atoms with Crippen LogP contribution < -0.4 is 5.32 Å². The van der Waals surface area contributed by atoms with E-state index in [-0.39, 0.29) is 17.3 Å². The van der Waals surface area contributed by atoms with Crippen LogP contribution in [0, 0.1) is 12.8 Å². The van der Waals surface area contributed by atoms with Gasteiger partial charge in [0.1, 0.15) is 0 Å². The molecule has 0 aliphatic heterocycles. The highest BCUT2D eigenvalue weighted by Crippen LogP contribution is 2.23. The van der Waals surface area contributed by atoms with E-state index in [9.17, 15) is 13.2 Å². The van der Waals surface area contributed by atoms with Crippen molar-refractivity contribution in [2.45, 2.75) is 25.7 Å². The van der Waals surface area contributed by atoms with Crippen molar-refractivity contribution in [1.29, 1.82) is 0 Å². The van der Waals surface area contributed by atoms with E-state index < -0.39 is 10.0 Å².